The quantitative estimate of drug-likeness (QED) is 0.831. The minimum atomic E-state index is 0.0891. The first-order chi connectivity index (χ1) is 11.7. The molecule has 0 amide bonds. The van der Waals surface area contributed by atoms with Gasteiger partial charge in [-0.2, -0.15) is 5.10 Å². The Hall–Kier alpha value is -0.910. The predicted molar refractivity (Wildman–Crippen MR) is 92.7 cm³/mol. The molecule has 2 saturated heterocycles. The minimum Gasteiger partial charge on any atom is -0.375 e. The van der Waals surface area contributed by atoms with Crippen molar-refractivity contribution in [1.29, 1.82) is 0 Å². The van der Waals surface area contributed by atoms with Crippen LogP contribution < -0.4 is 0 Å². The second kappa shape index (κ2) is 7.14. The summed E-state index contributed by atoms with van der Waals surface area (Å²) in [6, 6.07) is 0. The predicted octanol–water partition coefficient (Wildman–Crippen LogP) is 2.75. The second-order valence-corrected chi connectivity index (χ2v) is 8.10. The first-order valence-electron chi connectivity index (χ1n) is 9.66. The molecule has 2 aliphatic heterocycles. The van der Waals surface area contributed by atoms with Crippen molar-refractivity contribution >= 4 is 0 Å². The normalized spacial score (nSPS) is 28.1. The summed E-state index contributed by atoms with van der Waals surface area (Å²) in [4.78, 5) is 2.53. The lowest BCUT2D eigenvalue weighted by Gasteiger charge is -2.38. The monoisotopic (exact) mass is 333 g/mol. The van der Waals surface area contributed by atoms with Gasteiger partial charge in [-0.05, 0) is 31.6 Å². The molecule has 0 bridgehead atoms. The van der Waals surface area contributed by atoms with Gasteiger partial charge in [0.05, 0.1) is 24.5 Å². The molecular weight excluding hydrogens is 302 g/mol. The van der Waals surface area contributed by atoms with Gasteiger partial charge in [0.2, 0.25) is 0 Å². The summed E-state index contributed by atoms with van der Waals surface area (Å²) < 4.78 is 14.3. The highest BCUT2D eigenvalue weighted by Crippen LogP contribution is 2.38. The highest BCUT2D eigenvalue weighted by atomic mass is 16.6. The smallest absolute Gasteiger partial charge is 0.0836 e. The molecular formula is C19H31N3O2. The molecule has 3 fully saturated rings. The van der Waals surface area contributed by atoms with Crippen LogP contribution in [0.2, 0.25) is 0 Å². The first kappa shape index (κ1) is 16.6. The van der Waals surface area contributed by atoms with Gasteiger partial charge in [-0.15, -0.1) is 0 Å². The summed E-state index contributed by atoms with van der Waals surface area (Å²) in [5.41, 5.74) is 1.39. The van der Waals surface area contributed by atoms with Gasteiger partial charge in [0, 0.05) is 51.5 Å². The van der Waals surface area contributed by atoms with E-state index < -0.39 is 0 Å². The van der Waals surface area contributed by atoms with Crippen LogP contribution in [0.1, 0.15) is 50.5 Å². The number of hydrogen-bond donors (Lipinski definition) is 0. The third kappa shape index (κ3) is 3.84. The first-order valence-corrected chi connectivity index (χ1v) is 9.66. The van der Waals surface area contributed by atoms with Crippen molar-refractivity contribution in [3.8, 4) is 0 Å². The van der Waals surface area contributed by atoms with Crippen molar-refractivity contribution in [2.75, 3.05) is 26.3 Å². The van der Waals surface area contributed by atoms with Crippen LogP contribution in [0.15, 0.2) is 12.4 Å². The molecule has 5 nitrogen and oxygen atoms in total. The topological polar surface area (TPSA) is 39.5 Å². The summed E-state index contributed by atoms with van der Waals surface area (Å²) >= 11 is 0. The standard InChI is InChI=1S/C19H31N3O2/c1-21-12-17(11-20-21)13-22-8-6-19(7-9-22)10-18(15-24-19)23-14-16-4-2-3-5-16/h11-12,16,18H,2-10,13-15H2,1H3. The van der Waals surface area contributed by atoms with Crippen LogP contribution in [0.5, 0.6) is 0 Å². The van der Waals surface area contributed by atoms with Gasteiger partial charge >= 0.3 is 0 Å². The number of likely N-dealkylation sites (tertiary alicyclic amines) is 1. The number of aromatic nitrogens is 2. The molecule has 3 aliphatic rings. The van der Waals surface area contributed by atoms with Gasteiger partial charge in [-0.25, -0.2) is 0 Å². The van der Waals surface area contributed by atoms with Crippen molar-refractivity contribution in [3.05, 3.63) is 18.0 Å². The molecule has 0 aromatic carbocycles. The molecule has 4 rings (SSSR count). The fraction of sp³-hybridized carbons (Fsp3) is 0.842. The largest absolute Gasteiger partial charge is 0.375 e. The van der Waals surface area contributed by atoms with Crippen molar-refractivity contribution in [1.82, 2.24) is 14.7 Å². The van der Waals surface area contributed by atoms with E-state index >= 15 is 0 Å². The molecule has 1 aromatic rings. The van der Waals surface area contributed by atoms with E-state index in [0.717, 1.165) is 58.0 Å². The Balaban J connectivity index is 1.21. The van der Waals surface area contributed by atoms with Crippen LogP contribution in [0.3, 0.4) is 0 Å². The van der Waals surface area contributed by atoms with E-state index in [2.05, 4.69) is 16.2 Å². The molecule has 3 heterocycles. The molecule has 5 heteroatoms. The van der Waals surface area contributed by atoms with Crippen molar-refractivity contribution < 1.29 is 9.47 Å². The second-order valence-electron chi connectivity index (χ2n) is 8.10. The van der Waals surface area contributed by atoms with Gasteiger partial charge in [-0.1, -0.05) is 12.8 Å². The summed E-state index contributed by atoms with van der Waals surface area (Å²) in [6.45, 7) is 4.99. The van der Waals surface area contributed by atoms with E-state index in [1.165, 1.54) is 31.2 Å². The van der Waals surface area contributed by atoms with Crippen LogP contribution in [0.4, 0.5) is 0 Å². The molecule has 1 aromatic heterocycles. The van der Waals surface area contributed by atoms with Crippen LogP contribution >= 0.6 is 0 Å². The third-order valence-electron chi connectivity index (χ3n) is 6.15. The highest BCUT2D eigenvalue weighted by Gasteiger charge is 2.43. The Morgan fingerprint density at radius 1 is 1.29 bits per heavy atom. The maximum absolute atomic E-state index is 6.24. The number of nitrogens with zero attached hydrogens (tertiary/aromatic N) is 3. The van der Waals surface area contributed by atoms with Crippen LogP contribution in [-0.2, 0) is 23.1 Å². The minimum absolute atomic E-state index is 0.0891. The fourth-order valence-corrected chi connectivity index (χ4v) is 4.64. The van der Waals surface area contributed by atoms with E-state index in [1.54, 1.807) is 0 Å². The molecule has 1 aliphatic carbocycles. The van der Waals surface area contributed by atoms with Gasteiger partial charge in [0.1, 0.15) is 0 Å². The van der Waals surface area contributed by atoms with Crippen molar-refractivity contribution in [2.45, 2.75) is 63.2 Å². The summed E-state index contributed by atoms with van der Waals surface area (Å²) in [5, 5.41) is 4.26. The van der Waals surface area contributed by atoms with Gasteiger partial charge in [0.15, 0.2) is 0 Å². The lowest BCUT2D eigenvalue weighted by Crippen LogP contribution is -2.43. The third-order valence-corrected chi connectivity index (χ3v) is 6.15. The molecule has 0 radical (unpaired) electrons. The maximum atomic E-state index is 6.24. The zero-order valence-electron chi connectivity index (χ0n) is 15.0. The lowest BCUT2D eigenvalue weighted by molar-refractivity contribution is -0.0469. The van der Waals surface area contributed by atoms with Crippen molar-refractivity contribution in [2.24, 2.45) is 13.0 Å². The SMILES string of the molecule is Cn1cc(CN2CCC3(CC2)CC(OCC2CCCC2)CO3)cn1. The number of hydrogen-bond acceptors (Lipinski definition) is 4. The number of piperidine rings is 1. The Labute approximate surface area is 145 Å². The average Bonchev–Trinajstić information content (AvgIpc) is 3.31. The fourth-order valence-electron chi connectivity index (χ4n) is 4.64. The highest BCUT2D eigenvalue weighted by molar-refractivity contribution is 5.04. The molecule has 1 spiro atoms. The van der Waals surface area contributed by atoms with Crippen LogP contribution in [0.25, 0.3) is 0 Å². The van der Waals surface area contributed by atoms with E-state index in [9.17, 15) is 0 Å². The molecule has 24 heavy (non-hydrogen) atoms. The van der Waals surface area contributed by atoms with Crippen LogP contribution in [-0.4, -0.2) is 52.7 Å². The Bertz CT molecular complexity index is 530. The zero-order chi connectivity index (χ0) is 16.4. The van der Waals surface area contributed by atoms with E-state index in [4.69, 9.17) is 9.47 Å². The van der Waals surface area contributed by atoms with E-state index in [1.807, 2.05) is 17.9 Å². The number of aryl methyl sites for hydroxylation is 1. The van der Waals surface area contributed by atoms with E-state index in [0.29, 0.717) is 6.10 Å². The zero-order valence-corrected chi connectivity index (χ0v) is 15.0. The van der Waals surface area contributed by atoms with Crippen molar-refractivity contribution in [3.63, 3.8) is 0 Å². The lowest BCUT2D eigenvalue weighted by atomic mass is 9.88. The Kier molecular flexibility index (Phi) is 4.93. The molecule has 1 unspecified atom stereocenters. The van der Waals surface area contributed by atoms with Gasteiger partial charge < -0.3 is 9.47 Å². The Morgan fingerprint density at radius 3 is 2.79 bits per heavy atom. The van der Waals surface area contributed by atoms with Gasteiger partial charge in [0.25, 0.3) is 0 Å². The molecule has 134 valence electrons. The molecule has 1 saturated carbocycles. The summed E-state index contributed by atoms with van der Waals surface area (Å²) in [7, 11) is 1.98. The number of ether oxygens (including phenoxy) is 2. The average molecular weight is 333 g/mol. The van der Waals surface area contributed by atoms with Gasteiger partial charge in [-0.3, -0.25) is 9.58 Å². The summed E-state index contributed by atoms with van der Waals surface area (Å²) in [5.74, 6) is 0.808. The summed E-state index contributed by atoms with van der Waals surface area (Å²) in [6.07, 6.45) is 13.3. The van der Waals surface area contributed by atoms with E-state index in [-0.39, 0.29) is 5.60 Å². The maximum Gasteiger partial charge on any atom is 0.0836 e. The number of rotatable bonds is 5. The van der Waals surface area contributed by atoms with Crippen LogP contribution in [0, 0.1) is 5.92 Å². The molecule has 0 N–H and O–H groups in total. The molecule has 1 atom stereocenters. The Morgan fingerprint density at radius 2 is 2.08 bits per heavy atom.